The Bertz CT molecular complexity index is 782. The Labute approximate surface area is 145 Å². The molecule has 0 aliphatic carbocycles. The van der Waals surface area contributed by atoms with E-state index in [2.05, 4.69) is 10.6 Å². The Morgan fingerprint density at radius 3 is 2.48 bits per heavy atom. The lowest BCUT2D eigenvalue weighted by molar-refractivity contribution is -0.136. The summed E-state index contributed by atoms with van der Waals surface area (Å²) in [5.41, 5.74) is 0.778. The van der Waals surface area contributed by atoms with Gasteiger partial charge in [-0.25, -0.2) is 0 Å². The van der Waals surface area contributed by atoms with Gasteiger partial charge in [0, 0.05) is 5.69 Å². The normalized spacial score (nSPS) is 9.60. The van der Waals surface area contributed by atoms with Gasteiger partial charge in [0.25, 0.3) is 0 Å². The molecule has 2 N–H and O–H groups in total. The summed E-state index contributed by atoms with van der Waals surface area (Å²) < 4.78 is 10.5. The fourth-order valence-corrected chi connectivity index (χ4v) is 1.94. The highest BCUT2D eigenvalue weighted by Crippen LogP contribution is 2.16. The number of amides is 2. The minimum Gasteiger partial charge on any atom is -0.497 e. The van der Waals surface area contributed by atoms with E-state index in [-0.39, 0.29) is 13.2 Å². The number of rotatable bonds is 6. The average molecular weight is 339 g/mol. The van der Waals surface area contributed by atoms with Gasteiger partial charge in [-0.2, -0.15) is 5.26 Å². The summed E-state index contributed by atoms with van der Waals surface area (Å²) in [4.78, 5) is 23.5. The SMILES string of the molecule is COc1ccc(OCCNC(=O)C(=O)Nc2cccc(C#N)c2)cc1. The number of anilines is 1. The van der Waals surface area contributed by atoms with Crippen molar-refractivity contribution in [3.8, 4) is 17.6 Å². The van der Waals surface area contributed by atoms with Crippen LogP contribution < -0.4 is 20.1 Å². The first kappa shape index (κ1) is 17.8. The fraction of sp³-hybridized carbons (Fsp3) is 0.167. The minimum atomic E-state index is -0.806. The molecule has 7 heteroatoms. The third kappa shape index (κ3) is 5.55. The van der Waals surface area contributed by atoms with Crippen molar-refractivity contribution in [1.29, 1.82) is 5.26 Å². The van der Waals surface area contributed by atoms with E-state index >= 15 is 0 Å². The van der Waals surface area contributed by atoms with Crippen LogP contribution in [0.15, 0.2) is 48.5 Å². The Balaban J connectivity index is 1.73. The second-order valence-electron chi connectivity index (χ2n) is 4.93. The monoisotopic (exact) mass is 339 g/mol. The fourth-order valence-electron chi connectivity index (χ4n) is 1.94. The number of methoxy groups -OCH3 is 1. The summed E-state index contributed by atoms with van der Waals surface area (Å²) in [6.45, 7) is 0.395. The van der Waals surface area contributed by atoms with Crippen LogP contribution in [0.5, 0.6) is 11.5 Å². The molecule has 0 saturated carbocycles. The van der Waals surface area contributed by atoms with E-state index in [0.29, 0.717) is 17.0 Å². The number of ether oxygens (including phenoxy) is 2. The van der Waals surface area contributed by atoms with Crippen molar-refractivity contribution in [3.63, 3.8) is 0 Å². The Morgan fingerprint density at radius 1 is 1.08 bits per heavy atom. The lowest BCUT2D eigenvalue weighted by atomic mass is 10.2. The van der Waals surface area contributed by atoms with E-state index in [4.69, 9.17) is 14.7 Å². The van der Waals surface area contributed by atoms with Crippen LogP contribution in [0.1, 0.15) is 5.56 Å². The number of nitrogens with one attached hydrogen (secondary N) is 2. The van der Waals surface area contributed by atoms with Crippen molar-refractivity contribution >= 4 is 17.5 Å². The third-order valence-electron chi connectivity index (χ3n) is 3.17. The molecule has 0 fully saturated rings. The van der Waals surface area contributed by atoms with Gasteiger partial charge in [0.05, 0.1) is 25.3 Å². The van der Waals surface area contributed by atoms with Crippen LogP contribution in [-0.2, 0) is 9.59 Å². The molecule has 2 aromatic rings. The predicted molar refractivity (Wildman–Crippen MR) is 91.3 cm³/mol. The van der Waals surface area contributed by atoms with Gasteiger partial charge >= 0.3 is 11.8 Å². The van der Waals surface area contributed by atoms with Gasteiger partial charge in [-0.05, 0) is 42.5 Å². The molecule has 0 saturated heterocycles. The molecule has 0 aliphatic heterocycles. The zero-order valence-electron chi connectivity index (χ0n) is 13.6. The van der Waals surface area contributed by atoms with Crippen LogP contribution in [0.4, 0.5) is 5.69 Å². The quantitative estimate of drug-likeness (QED) is 0.616. The van der Waals surface area contributed by atoms with Crippen LogP contribution in [0.3, 0.4) is 0 Å². The zero-order valence-corrected chi connectivity index (χ0v) is 13.6. The van der Waals surface area contributed by atoms with Crippen molar-refractivity contribution in [2.75, 3.05) is 25.6 Å². The molecule has 2 rings (SSSR count). The van der Waals surface area contributed by atoms with Crippen LogP contribution in [0, 0.1) is 11.3 Å². The molecule has 2 amide bonds. The van der Waals surface area contributed by atoms with E-state index in [0.717, 1.165) is 5.75 Å². The summed E-state index contributed by atoms with van der Waals surface area (Å²) in [6.07, 6.45) is 0. The molecular weight excluding hydrogens is 322 g/mol. The number of nitrogens with zero attached hydrogens (tertiary/aromatic N) is 1. The Hall–Kier alpha value is -3.53. The van der Waals surface area contributed by atoms with Gasteiger partial charge in [-0.15, -0.1) is 0 Å². The van der Waals surface area contributed by atoms with Crippen molar-refractivity contribution in [2.24, 2.45) is 0 Å². The molecule has 0 bridgehead atoms. The van der Waals surface area contributed by atoms with E-state index < -0.39 is 11.8 Å². The van der Waals surface area contributed by atoms with Gasteiger partial charge in [0.2, 0.25) is 0 Å². The summed E-state index contributed by atoms with van der Waals surface area (Å²) in [5, 5.41) is 13.7. The maximum Gasteiger partial charge on any atom is 0.313 e. The molecule has 25 heavy (non-hydrogen) atoms. The molecule has 128 valence electrons. The van der Waals surface area contributed by atoms with E-state index in [1.54, 1.807) is 49.6 Å². The zero-order chi connectivity index (χ0) is 18.1. The van der Waals surface area contributed by atoms with Crippen LogP contribution in [0.25, 0.3) is 0 Å². The Kier molecular flexibility index (Phi) is 6.37. The van der Waals surface area contributed by atoms with Gasteiger partial charge in [0.15, 0.2) is 0 Å². The highest BCUT2D eigenvalue weighted by Gasteiger charge is 2.13. The maximum absolute atomic E-state index is 11.8. The highest BCUT2D eigenvalue weighted by atomic mass is 16.5. The van der Waals surface area contributed by atoms with Crippen LogP contribution >= 0.6 is 0 Å². The number of carbonyl (C=O) groups is 2. The molecule has 0 aromatic heterocycles. The smallest absolute Gasteiger partial charge is 0.313 e. The molecule has 0 unspecified atom stereocenters. The van der Waals surface area contributed by atoms with Gasteiger partial charge in [0.1, 0.15) is 18.1 Å². The van der Waals surface area contributed by atoms with Crippen molar-refractivity contribution < 1.29 is 19.1 Å². The number of benzene rings is 2. The molecule has 0 heterocycles. The summed E-state index contributed by atoms with van der Waals surface area (Å²) in [7, 11) is 1.58. The molecule has 0 atom stereocenters. The highest BCUT2D eigenvalue weighted by molar-refractivity contribution is 6.39. The van der Waals surface area contributed by atoms with Crippen LogP contribution in [-0.4, -0.2) is 32.1 Å². The van der Waals surface area contributed by atoms with Crippen LogP contribution in [0.2, 0.25) is 0 Å². The van der Waals surface area contributed by atoms with E-state index in [9.17, 15) is 9.59 Å². The van der Waals surface area contributed by atoms with E-state index in [1.807, 2.05) is 6.07 Å². The minimum absolute atomic E-state index is 0.177. The standard InChI is InChI=1S/C18H17N3O4/c1-24-15-5-7-16(8-6-15)25-10-9-20-17(22)18(23)21-14-4-2-3-13(11-14)12-19/h2-8,11H,9-10H2,1H3,(H,20,22)(H,21,23). The number of hydrogen-bond donors (Lipinski definition) is 2. The lowest BCUT2D eigenvalue weighted by Gasteiger charge is -2.09. The molecule has 0 radical (unpaired) electrons. The number of hydrogen-bond acceptors (Lipinski definition) is 5. The molecule has 2 aromatic carbocycles. The maximum atomic E-state index is 11.8. The van der Waals surface area contributed by atoms with E-state index in [1.165, 1.54) is 6.07 Å². The van der Waals surface area contributed by atoms with Crippen molar-refractivity contribution in [3.05, 3.63) is 54.1 Å². The molecular formula is C18H17N3O4. The second kappa shape index (κ2) is 8.93. The Morgan fingerprint density at radius 2 is 1.80 bits per heavy atom. The van der Waals surface area contributed by atoms with Gasteiger partial charge in [-0.3, -0.25) is 9.59 Å². The lowest BCUT2D eigenvalue weighted by Crippen LogP contribution is -2.37. The first-order chi connectivity index (χ1) is 12.1. The summed E-state index contributed by atoms with van der Waals surface area (Å²) in [6, 6.07) is 15.3. The van der Waals surface area contributed by atoms with Gasteiger partial charge < -0.3 is 20.1 Å². The predicted octanol–water partition coefficient (Wildman–Crippen LogP) is 1.70. The second-order valence-corrected chi connectivity index (χ2v) is 4.93. The number of nitriles is 1. The molecule has 0 spiro atoms. The van der Waals surface area contributed by atoms with Crippen molar-refractivity contribution in [1.82, 2.24) is 5.32 Å². The topological polar surface area (TPSA) is 100 Å². The number of carbonyl (C=O) groups excluding carboxylic acids is 2. The largest absolute Gasteiger partial charge is 0.497 e. The summed E-state index contributed by atoms with van der Waals surface area (Å²) in [5.74, 6) is -0.231. The molecule has 7 nitrogen and oxygen atoms in total. The summed E-state index contributed by atoms with van der Waals surface area (Å²) >= 11 is 0. The first-order valence-corrected chi connectivity index (χ1v) is 7.48. The molecule has 0 aliphatic rings. The van der Waals surface area contributed by atoms with Crippen molar-refractivity contribution in [2.45, 2.75) is 0 Å². The van der Waals surface area contributed by atoms with Gasteiger partial charge in [-0.1, -0.05) is 6.07 Å². The average Bonchev–Trinajstić information content (AvgIpc) is 2.65. The first-order valence-electron chi connectivity index (χ1n) is 7.48. The third-order valence-corrected chi connectivity index (χ3v) is 3.17.